The highest BCUT2D eigenvalue weighted by Crippen LogP contribution is 2.32. The number of fused-ring (bicyclic) bond motifs is 1. The zero-order valence-electron chi connectivity index (χ0n) is 19.0. The Labute approximate surface area is 187 Å². The Morgan fingerprint density at radius 3 is 2.25 bits per heavy atom. The van der Waals surface area contributed by atoms with Crippen LogP contribution < -0.4 is 14.8 Å². The smallest absolute Gasteiger partial charge is 0.343 e. The molecule has 32 heavy (non-hydrogen) atoms. The normalized spacial score (nSPS) is 11.4. The van der Waals surface area contributed by atoms with E-state index >= 15 is 0 Å². The van der Waals surface area contributed by atoms with E-state index in [9.17, 15) is 4.79 Å². The molecule has 2 aromatic heterocycles. The fourth-order valence-electron chi connectivity index (χ4n) is 3.40. The number of hydrogen-bond donors (Lipinski definition) is 1. The highest BCUT2D eigenvalue weighted by molar-refractivity contribution is 5.91. The number of nitrogens with zero attached hydrogens (tertiary/aromatic N) is 2. The van der Waals surface area contributed by atoms with Gasteiger partial charge in [0, 0.05) is 17.3 Å². The minimum Gasteiger partial charge on any atom is -0.497 e. The zero-order valence-corrected chi connectivity index (χ0v) is 19.0. The van der Waals surface area contributed by atoms with Gasteiger partial charge < -0.3 is 14.8 Å². The molecule has 0 saturated heterocycles. The molecule has 0 atom stereocenters. The maximum Gasteiger partial charge on any atom is 0.343 e. The molecule has 1 N–H and O–H groups in total. The van der Waals surface area contributed by atoms with Crippen molar-refractivity contribution in [3.05, 3.63) is 78.0 Å². The Hall–Kier alpha value is -3.80. The van der Waals surface area contributed by atoms with Crippen LogP contribution in [0.1, 0.15) is 36.7 Å². The van der Waals surface area contributed by atoms with Crippen molar-refractivity contribution in [2.45, 2.75) is 33.2 Å². The van der Waals surface area contributed by atoms with Gasteiger partial charge in [-0.15, -0.1) is 0 Å². The van der Waals surface area contributed by atoms with Crippen LogP contribution in [-0.4, -0.2) is 28.0 Å². The van der Waals surface area contributed by atoms with Crippen LogP contribution in [0.25, 0.3) is 16.9 Å². The van der Waals surface area contributed by atoms with Gasteiger partial charge in [0.05, 0.1) is 12.7 Å². The molecule has 0 aliphatic heterocycles. The number of pyridine rings is 1. The predicted molar refractivity (Wildman–Crippen MR) is 127 cm³/mol. The molecule has 0 spiro atoms. The lowest BCUT2D eigenvalue weighted by molar-refractivity contribution is 0.0734. The van der Waals surface area contributed by atoms with E-state index in [0.29, 0.717) is 17.1 Å². The van der Waals surface area contributed by atoms with Crippen molar-refractivity contribution in [1.29, 1.82) is 0 Å². The molecule has 6 nitrogen and oxygen atoms in total. The van der Waals surface area contributed by atoms with E-state index in [-0.39, 0.29) is 5.54 Å². The van der Waals surface area contributed by atoms with Crippen molar-refractivity contribution >= 4 is 17.4 Å². The number of anilines is 1. The van der Waals surface area contributed by atoms with Gasteiger partial charge >= 0.3 is 5.97 Å². The summed E-state index contributed by atoms with van der Waals surface area (Å²) in [7, 11) is 1.58. The van der Waals surface area contributed by atoms with Gasteiger partial charge in [-0.3, -0.25) is 4.40 Å². The van der Waals surface area contributed by atoms with Crippen molar-refractivity contribution in [1.82, 2.24) is 9.38 Å². The lowest BCUT2D eigenvalue weighted by Crippen LogP contribution is -2.27. The number of methoxy groups -OCH3 is 1. The largest absolute Gasteiger partial charge is 0.497 e. The van der Waals surface area contributed by atoms with Crippen molar-refractivity contribution < 1.29 is 14.3 Å². The standard InChI is InChI=1S/C26H27N3O3/c1-17-14-15-29-22(16-17)27-23(24(29)28-26(2,3)4)18-6-12-21(13-7-18)32-25(30)19-8-10-20(31-5)11-9-19/h6-16,28H,1-5H3. The van der Waals surface area contributed by atoms with E-state index in [2.05, 4.69) is 49.5 Å². The maximum absolute atomic E-state index is 12.4. The number of aryl methyl sites for hydroxylation is 1. The molecule has 6 heteroatoms. The number of nitrogens with one attached hydrogen (secondary N) is 1. The predicted octanol–water partition coefficient (Wildman–Crippen LogP) is 5.75. The maximum atomic E-state index is 12.4. The molecular formula is C26H27N3O3. The van der Waals surface area contributed by atoms with Gasteiger partial charge in [-0.25, -0.2) is 9.78 Å². The third-order valence-electron chi connectivity index (χ3n) is 4.94. The first-order chi connectivity index (χ1) is 15.2. The first kappa shape index (κ1) is 21.4. The summed E-state index contributed by atoms with van der Waals surface area (Å²) in [6.07, 6.45) is 2.03. The second-order valence-corrected chi connectivity index (χ2v) is 8.76. The van der Waals surface area contributed by atoms with Crippen LogP contribution in [0.3, 0.4) is 0 Å². The van der Waals surface area contributed by atoms with Gasteiger partial charge in [0.2, 0.25) is 0 Å². The summed E-state index contributed by atoms with van der Waals surface area (Å²) in [5.74, 6) is 1.67. The molecule has 0 aliphatic rings. The van der Waals surface area contributed by atoms with Crippen LogP contribution in [0, 0.1) is 6.92 Å². The number of esters is 1. The molecule has 0 radical (unpaired) electrons. The first-order valence-electron chi connectivity index (χ1n) is 10.5. The molecule has 0 bridgehead atoms. The average Bonchev–Trinajstić information content (AvgIpc) is 3.10. The number of aromatic nitrogens is 2. The second kappa shape index (κ2) is 8.38. The van der Waals surface area contributed by atoms with Gasteiger partial charge in [-0.2, -0.15) is 0 Å². The molecule has 4 rings (SSSR count). The SMILES string of the molecule is COc1ccc(C(=O)Oc2ccc(-c3nc4cc(C)ccn4c3NC(C)(C)C)cc2)cc1. The molecule has 4 aromatic rings. The summed E-state index contributed by atoms with van der Waals surface area (Å²) < 4.78 is 12.7. The van der Waals surface area contributed by atoms with Crippen molar-refractivity contribution in [2.24, 2.45) is 0 Å². The summed E-state index contributed by atoms with van der Waals surface area (Å²) in [6, 6.07) is 18.3. The minimum absolute atomic E-state index is 0.135. The number of rotatable bonds is 5. The topological polar surface area (TPSA) is 64.9 Å². The number of carbonyl (C=O) groups is 1. The number of carbonyl (C=O) groups excluding carboxylic acids is 1. The third kappa shape index (κ3) is 4.59. The monoisotopic (exact) mass is 429 g/mol. The van der Waals surface area contributed by atoms with E-state index in [1.54, 1.807) is 43.5 Å². The third-order valence-corrected chi connectivity index (χ3v) is 4.94. The second-order valence-electron chi connectivity index (χ2n) is 8.76. The molecule has 0 fully saturated rings. The Morgan fingerprint density at radius 1 is 0.969 bits per heavy atom. The van der Waals surface area contributed by atoms with E-state index in [4.69, 9.17) is 14.5 Å². The summed E-state index contributed by atoms with van der Waals surface area (Å²) in [5, 5.41) is 3.57. The summed E-state index contributed by atoms with van der Waals surface area (Å²) in [6.45, 7) is 8.40. The number of benzene rings is 2. The first-order valence-corrected chi connectivity index (χ1v) is 10.5. The molecule has 164 valence electrons. The minimum atomic E-state index is -0.418. The molecule has 0 aliphatic carbocycles. The molecule has 0 unspecified atom stereocenters. The van der Waals surface area contributed by atoms with Crippen LogP contribution in [0.4, 0.5) is 5.82 Å². The highest BCUT2D eigenvalue weighted by atomic mass is 16.5. The van der Waals surface area contributed by atoms with Crippen LogP contribution in [0.2, 0.25) is 0 Å². The van der Waals surface area contributed by atoms with Crippen LogP contribution in [0.15, 0.2) is 66.9 Å². The van der Waals surface area contributed by atoms with Crippen LogP contribution in [0.5, 0.6) is 11.5 Å². The lowest BCUT2D eigenvalue weighted by Gasteiger charge is -2.22. The van der Waals surface area contributed by atoms with E-state index in [1.807, 2.05) is 18.3 Å². The fraction of sp³-hybridized carbons (Fsp3) is 0.231. The quantitative estimate of drug-likeness (QED) is 0.323. The average molecular weight is 430 g/mol. The fourth-order valence-corrected chi connectivity index (χ4v) is 3.40. The number of imidazole rings is 1. The van der Waals surface area contributed by atoms with Gasteiger partial charge in [-0.05, 0) is 93.9 Å². The number of hydrogen-bond acceptors (Lipinski definition) is 5. The molecular weight excluding hydrogens is 402 g/mol. The van der Waals surface area contributed by atoms with Crippen molar-refractivity contribution in [3.63, 3.8) is 0 Å². The summed E-state index contributed by atoms with van der Waals surface area (Å²) in [4.78, 5) is 17.3. The zero-order chi connectivity index (χ0) is 22.9. The Kier molecular flexibility index (Phi) is 5.61. The lowest BCUT2D eigenvalue weighted by atomic mass is 10.1. The van der Waals surface area contributed by atoms with Crippen LogP contribution in [-0.2, 0) is 0 Å². The molecule has 0 amide bonds. The van der Waals surface area contributed by atoms with Crippen molar-refractivity contribution in [2.75, 3.05) is 12.4 Å². The van der Waals surface area contributed by atoms with Gasteiger partial charge in [0.15, 0.2) is 0 Å². The van der Waals surface area contributed by atoms with E-state index in [1.165, 1.54) is 0 Å². The summed E-state index contributed by atoms with van der Waals surface area (Å²) >= 11 is 0. The van der Waals surface area contributed by atoms with Crippen molar-refractivity contribution in [3.8, 4) is 22.8 Å². The Balaban J connectivity index is 1.62. The van der Waals surface area contributed by atoms with Gasteiger partial charge in [0.25, 0.3) is 0 Å². The Bertz CT molecular complexity index is 1250. The molecule has 2 heterocycles. The van der Waals surface area contributed by atoms with E-state index < -0.39 is 5.97 Å². The highest BCUT2D eigenvalue weighted by Gasteiger charge is 2.19. The van der Waals surface area contributed by atoms with E-state index in [0.717, 1.165) is 28.3 Å². The summed E-state index contributed by atoms with van der Waals surface area (Å²) in [5.41, 5.74) is 4.13. The van der Waals surface area contributed by atoms with Crippen LogP contribution >= 0.6 is 0 Å². The van der Waals surface area contributed by atoms with Gasteiger partial charge in [-0.1, -0.05) is 0 Å². The molecule has 0 saturated carbocycles. The number of ether oxygens (including phenoxy) is 2. The molecule has 2 aromatic carbocycles. The Morgan fingerprint density at radius 2 is 1.62 bits per heavy atom. The van der Waals surface area contributed by atoms with Gasteiger partial charge in [0.1, 0.15) is 28.7 Å².